The first kappa shape index (κ1) is 29.8. The minimum atomic E-state index is -4.64. The van der Waals surface area contributed by atoms with Crippen LogP contribution < -0.4 is 0 Å². The fourth-order valence-electron chi connectivity index (χ4n) is 3.48. The Labute approximate surface area is 205 Å². The van der Waals surface area contributed by atoms with E-state index < -0.39 is 19.7 Å². The molecule has 0 radical (unpaired) electrons. The standard InChI is InChI=1S/C24H29ClO4.H3O4P/c1-3-28-23(26)21(19-11-7-5-8-12-19)15-18(17-25)16-22(24(27)29-4-2)20-13-9-6-10-14-20;1-5(2,3)4/h5-14,18,21-22H,3-4,15-17H2,1-2H3;(H3,1,2,3,4). The third-order valence-electron chi connectivity index (χ3n) is 4.90. The van der Waals surface area contributed by atoms with E-state index >= 15 is 0 Å². The van der Waals surface area contributed by atoms with E-state index in [4.69, 9.17) is 40.3 Å². The largest absolute Gasteiger partial charge is 0.466 e. The van der Waals surface area contributed by atoms with E-state index in [2.05, 4.69) is 0 Å². The molecule has 2 rings (SSSR count). The first-order valence-electron chi connectivity index (χ1n) is 10.9. The first-order chi connectivity index (χ1) is 16.1. The topological polar surface area (TPSA) is 130 Å². The quantitative estimate of drug-likeness (QED) is 0.229. The van der Waals surface area contributed by atoms with E-state index in [1.54, 1.807) is 13.8 Å². The van der Waals surface area contributed by atoms with Crippen LogP contribution in [0.25, 0.3) is 0 Å². The lowest BCUT2D eigenvalue weighted by Gasteiger charge is -2.25. The maximum Gasteiger partial charge on any atom is 0.466 e. The zero-order valence-corrected chi connectivity index (χ0v) is 20.9. The summed E-state index contributed by atoms with van der Waals surface area (Å²) in [5.74, 6) is -1.08. The lowest BCUT2D eigenvalue weighted by molar-refractivity contribution is -0.145. The summed E-state index contributed by atoms with van der Waals surface area (Å²) in [7, 11) is -4.64. The average Bonchev–Trinajstić information content (AvgIpc) is 2.79. The minimum Gasteiger partial charge on any atom is -0.466 e. The molecule has 10 heteroatoms. The molecule has 2 aromatic rings. The van der Waals surface area contributed by atoms with E-state index in [1.165, 1.54) is 0 Å². The number of carbonyl (C=O) groups excluding carboxylic acids is 2. The highest BCUT2D eigenvalue weighted by Gasteiger charge is 2.30. The fourth-order valence-corrected chi connectivity index (χ4v) is 3.73. The van der Waals surface area contributed by atoms with Gasteiger partial charge in [-0.15, -0.1) is 11.6 Å². The molecule has 0 aliphatic rings. The van der Waals surface area contributed by atoms with E-state index in [0.717, 1.165) is 11.1 Å². The second kappa shape index (κ2) is 15.6. The number of alkyl halides is 1. The Morgan fingerprint density at radius 3 is 1.38 bits per heavy atom. The summed E-state index contributed by atoms with van der Waals surface area (Å²) in [5, 5.41) is 0. The zero-order chi connectivity index (χ0) is 25.6. The highest BCUT2D eigenvalue weighted by Crippen LogP contribution is 2.33. The number of benzene rings is 2. The van der Waals surface area contributed by atoms with Gasteiger partial charge >= 0.3 is 19.8 Å². The van der Waals surface area contributed by atoms with Crippen LogP contribution in [0, 0.1) is 5.92 Å². The smallest absolute Gasteiger partial charge is 0.466 e. The Morgan fingerprint density at radius 2 is 1.12 bits per heavy atom. The molecule has 2 atom stereocenters. The highest BCUT2D eigenvalue weighted by molar-refractivity contribution is 7.45. The molecule has 188 valence electrons. The van der Waals surface area contributed by atoms with Gasteiger partial charge in [0.1, 0.15) is 0 Å². The van der Waals surface area contributed by atoms with Gasteiger partial charge in [0, 0.05) is 5.88 Å². The molecule has 0 spiro atoms. The molecule has 0 saturated heterocycles. The second-order valence-electron chi connectivity index (χ2n) is 7.44. The van der Waals surface area contributed by atoms with Crippen molar-refractivity contribution in [2.75, 3.05) is 19.1 Å². The Hall–Kier alpha value is -2.22. The Bertz CT molecular complexity index is 832. The molecule has 0 aromatic heterocycles. The van der Waals surface area contributed by atoms with Crippen LogP contribution in [0.3, 0.4) is 0 Å². The monoisotopic (exact) mass is 514 g/mol. The number of carbonyl (C=O) groups is 2. The first-order valence-corrected chi connectivity index (χ1v) is 13.0. The van der Waals surface area contributed by atoms with Gasteiger partial charge in [-0.25, -0.2) is 4.57 Å². The molecule has 0 bridgehead atoms. The molecular weight excluding hydrogens is 483 g/mol. The summed E-state index contributed by atoms with van der Waals surface area (Å²) in [6.45, 7) is 4.24. The number of halogens is 1. The Balaban J connectivity index is 0.00000104. The molecule has 3 N–H and O–H groups in total. The molecule has 8 nitrogen and oxygen atoms in total. The minimum absolute atomic E-state index is 0.0547. The average molecular weight is 515 g/mol. The molecule has 0 aliphatic heterocycles. The van der Waals surface area contributed by atoms with Crippen LogP contribution >= 0.6 is 19.4 Å². The maximum absolute atomic E-state index is 12.6. The molecule has 0 aliphatic carbocycles. The van der Waals surface area contributed by atoms with Gasteiger partial charge < -0.3 is 24.2 Å². The van der Waals surface area contributed by atoms with Crippen LogP contribution in [-0.4, -0.2) is 45.7 Å². The lowest BCUT2D eigenvalue weighted by atomic mass is 9.82. The Morgan fingerprint density at radius 1 is 0.794 bits per heavy atom. The zero-order valence-electron chi connectivity index (χ0n) is 19.2. The molecule has 0 amide bonds. The van der Waals surface area contributed by atoms with Crippen LogP contribution in [-0.2, 0) is 23.6 Å². The maximum atomic E-state index is 12.6. The summed E-state index contributed by atoms with van der Waals surface area (Å²) in [4.78, 5) is 46.8. The van der Waals surface area contributed by atoms with Crippen molar-refractivity contribution in [1.29, 1.82) is 0 Å². The third kappa shape index (κ3) is 11.8. The molecule has 0 fully saturated rings. The second-order valence-corrected chi connectivity index (χ2v) is 8.77. The van der Waals surface area contributed by atoms with Crippen LogP contribution in [0.15, 0.2) is 60.7 Å². The van der Waals surface area contributed by atoms with Crippen molar-refractivity contribution in [2.24, 2.45) is 5.92 Å². The van der Waals surface area contributed by atoms with E-state index in [-0.39, 0.29) is 17.9 Å². The number of hydrogen-bond acceptors (Lipinski definition) is 5. The molecule has 2 aromatic carbocycles. The van der Waals surface area contributed by atoms with Gasteiger partial charge in [0.15, 0.2) is 0 Å². The predicted octanol–water partition coefficient (Wildman–Crippen LogP) is 4.39. The SMILES string of the molecule is CCOC(=O)C(CC(CCl)CC(C(=O)OCC)c1ccccc1)c1ccccc1.O=P(O)(O)O. The summed E-state index contributed by atoms with van der Waals surface area (Å²) in [6.07, 6.45) is 1.02. The number of phosphoric acid groups is 1. The molecule has 2 unspecified atom stereocenters. The molecule has 0 heterocycles. The summed E-state index contributed by atoms with van der Waals surface area (Å²) < 4.78 is 19.5. The normalized spacial score (nSPS) is 13.6. The van der Waals surface area contributed by atoms with Crippen LogP contribution in [0.2, 0.25) is 0 Å². The number of rotatable bonds is 11. The van der Waals surface area contributed by atoms with Gasteiger partial charge in [0.25, 0.3) is 0 Å². The van der Waals surface area contributed by atoms with Crippen LogP contribution in [0.5, 0.6) is 0 Å². The number of hydrogen-bond donors (Lipinski definition) is 3. The molecular formula is C24H32ClO8P. The summed E-state index contributed by atoms with van der Waals surface area (Å²) in [5.41, 5.74) is 1.79. The number of esters is 2. The van der Waals surface area contributed by atoms with Crippen LogP contribution in [0.4, 0.5) is 0 Å². The van der Waals surface area contributed by atoms with E-state index in [1.807, 2.05) is 60.7 Å². The summed E-state index contributed by atoms with van der Waals surface area (Å²) in [6, 6.07) is 19.1. The van der Waals surface area contributed by atoms with Crippen molar-refractivity contribution in [3.63, 3.8) is 0 Å². The van der Waals surface area contributed by atoms with Crippen molar-refractivity contribution in [3.8, 4) is 0 Å². The third-order valence-corrected chi connectivity index (χ3v) is 5.34. The van der Waals surface area contributed by atoms with Gasteiger partial charge in [-0.2, -0.15) is 0 Å². The number of ether oxygens (including phenoxy) is 2. The van der Waals surface area contributed by atoms with Gasteiger partial charge in [-0.05, 0) is 43.7 Å². The van der Waals surface area contributed by atoms with Crippen LogP contribution in [0.1, 0.15) is 49.7 Å². The van der Waals surface area contributed by atoms with Crippen molar-refractivity contribution < 1.29 is 38.3 Å². The predicted molar refractivity (Wildman–Crippen MR) is 129 cm³/mol. The van der Waals surface area contributed by atoms with E-state index in [0.29, 0.717) is 31.9 Å². The van der Waals surface area contributed by atoms with E-state index in [9.17, 15) is 9.59 Å². The fraction of sp³-hybridized carbons (Fsp3) is 0.417. The molecule has 0 saturated carbocycles. The van der Waals surface area contributed by atoms with Crippen molar-refractivity contribution >= 4 is 31.4 Å². The van der Waals surface area contributed by atoms with Gasteiger partial charge in [-0.1, -0.05) is 60.7 Å². The lowest BCUT2D eigenvalue weighted by Crippen LogP contribution is -2.24. The van der Waals surface area contributed by atoms with Crippen molar-refractivity contribution in [2.45, 2.75) is 38.5 Å². The van der Waals surface area contributed by atoms with Gasteiger partial charge in [-0.3, -0.25) is 9.59 Å². The highest BCUT2D eigenvalue weighted by atomic mass is 35.5. The molecule has 34 heavy (non-hydrogen) atoms. The summed E-state index contributed by atoms with van der Waals surface area (Å²) >= 11 is 6.29. The Kier molecular flexibility index (Phi) is 13.7. The van der Waals surface area contributed by atoms with Crippen molar-refractivity contribution in [3.05, 3.63) is 71.8 Å². The van der Waals surface area contributed by atoms with Crippen molar-refractivity contribution in [1.82, 2.24) is 0 Å². The van der Waals surface area contributed by atoms with Gasteiger partial charge in [0.2, 0.25) is 0 Å². The van der Waals surface area contributed by atoms with Gasteiger partial charge in [0.05, 0.1) is 25.0 Å².